The van der Waals surface area contributed by atoms with Gasteiger partial charge >= 0.3 is 6.09 Å². The first-order valence-corrected chi connectivity index (χ1v) is 10.4. The van der Waals surface area contributed by atoms with E-state index in [0.717, 1.165) is 27.0 Å². The van der Waals surface area contributed by atoms with E-state index in [-0.39, 0.29) is 13.5 Å². The van der Waals surface area contributed by atoms with Crippen molar-refractivity contribution in [2.75, 3.05) is 13.1 Å². The van der Waals surface area contributed by atoms with Gasteiger partial charge in [-0.1, -0.05) is 7.43 Å². The summed E-state index contributed by atoms with van der Waals surface area (Å²) in [6.45, 7) is 9.83. The van der Waals surface area contributed by atoms with Gasteiger partial charge in [0.1, 0.15) is 13.0 Å². The van der Waals surface area contributed by atoms with Crippen LogP contribution in [0.25, 0.3) is 0 Å². The van der Waals surface area contributed by atoms with Crippen molar-refractivity contribution in [1.29, 1.82) is 0 Å². The molecule has 152 valence electrons. The summed E-state index contributed by atoms with van der Waals surface area (Å²) < 4.78 is 11.3. The third-order valence-corrected chi connectivity index (χ3v) is 4.82. The molecule has 1 aliphatic heterocycles. The van der Waals surface area contributed by atoms with E-state index in [9.17, 15) is 4.79 Å². The minimum atomic E-state index is -0.450. The van der Waals surface area contributed by atoms with Gasteiger partial charge in [0.2, 0.25) is 0 Å². The number of carbonyl (C=O) groups is 1. The Balaban J connectivity index is 0.000000284. The average molecular weight is 602 g/mol. The lowest BCUT2D eigenvalue weighted by atomic mass is 10.2. The fourth-order valence-electron chi connectivity index (χ4n) is 2.21. The van der Waals surface area contributed by atoms with Crippen LogP contribution in [0.15, 0.2) is 18.9 Å². The number of rotatable bonds is 3. The van der Waals surface area contributed by atoms with Gasteiger partial charge in [-0.2, -0.15) is 0 Å². The number of imidazole rings is 2. The topological polar surface area (TPSA) is 86.0 Å². The van der Waals surface area contributed by atoms with Crippen molar-refractivity contribution >= 4 is 51.3 Å². The third kappa shape index (κ3) is 8.77. The summed E-state index contributed by atoms with van der Waals surface area (Å²) in [7, 11) is 0. The number of nitrogens with zero attached hydrogens (tertiary/aromatic N) is 4. The third-order valence-electron chi connectivity index (χ3n) is 3.36. The van der Waals surface area contributed by atoms with E-state index in [4.69, 9.17) is 4.74 Å². The van der Waals surface area contributed by atoms with Crippen molar-refractivity contribution in [3.05, 3.63) is 31.9 Å². The molecule has 0 saturated heterocycles. The van der Waals surface area contributed by atoms with Crippen LogP contribution in [0.2, 0.25) is 0 Å². The van der Waals surface area contributed by atoms with E-state index in [1.165, 1.54) is 5.69 Å². The Morgan fingerprint density at radius 3 is 2.67 bits per heavy atom. The number of ether oxygens (including phenoxy) is 1. The minimum absolute atomic E-state index is 0. The number of aromatic nitrogens is 4. The molecule has 0 atom stereocenters. The van der Waals surface area contributed by atoms with E-state index in [2.05, 4.69) is 70.4 Å². The van der Waals surface area contributed by atoms with E-state index >= 15 is 0 Å². The zero-order valence-corrected chi connectivity index (χ0v) is 19.4. The van der Waals surface area contributed by atoms with Crippen molar-refractivity contribution in [3.8, 4) is 0 Å². The molecule has 3 rings (SSSR count). The molecule has 27 heavy (non-hydrogen) atoms. The second-order valence-electron chi connectivity index (χ2n) is 6.72. The summed E-state index contributed by atoms with van der Waals surface area (Å²) >= 11 is 4.41. The normalized spacial score (nSPS) is 12.9. The van der Waals surface area contributed by atoms with Crippen LogP contribution in [0.3, 0.4) is 0 Å². The summed E-state index contributed by atoms with van der Waals surface area (Å²) in [6, 6.07) is 0. The molecule has 0 aliphatic carbocycles. The molecule has 3 heterocycles. The van der Waals surface area contributed by atoms with Crippen LogP contribution in [-0.2, 0) is 24.4 Å². The molecule has 1 aliphatic rings. The lowest BCUT2D eigenvalue weighted by molar-refractivity contribution is 0.0526. The van der Waals surface area contributed by atoms with Crippen LogP contribution in [0.1, 0.15) is 33.9 Å². The summed E-state index contributed by atoms with van der Waals surface area (Å²) in [4.78, 5) is 19.6. The van der Waals surface area contributed by atoms with Gasteiger partial charge in [-0.15, -0.1) is 0 Å². The lowest BCUT2D eigenvalue weighted by Gasteiger charge is -2.19. The fraction of sp³-hybridized carbons (Fsp3) is 0.588. The van der Waals surface area contributed by atoms with E-state index < -0.39 is 5.60 Å². The number of hydrogen-bond acceptors (Lipinski definition) is 5. The fourth-order valence-corrected chi connectivity index (χ4v) is 3.32. The molecule has 0 unspecified atom stereocenters. The second kappa shape index (κ2) is 11.2. The molecule has 1 amide bonds. The van der Waals surface area contributed by atoms with Gasteiger partial charge in [0, 0.05) is 38.9 Å². The van der Waals surface area contributed by atoms with Crippen LogP contribution in [-0.4, -0.2) is 43.9 Å². The molecule has 0 saturated carbocycles. The minimum Gasteiger partial charge on any atom is -0.444 e. The van der Waals surface area contributed by atoms with Crippen LogP contribution < -0.4 is 10.6 Å². The highest BCUT2D eigenvalue weighted by Crippen LogP contribution is 2.12. The molecular formula is C17H28I2N6O2. The Morgan fingerprint density at radius 1 is 1.33 bits per heavy atom. The van der Waals surface area contributed by atoms with Gasteiger partial charge in [-0.3, -0.25) is 0 Å². The van der Waals surface area contributed by atoms with Gasteiger partial charge in [0.05, 0.1) is 18.3 Å². The van der Waals surface area contributed by atoms with Crippen molar-refractivity contribution in [3.63, 3.8) is 0 Å². The maximum atomic E-state index is 11.3. The number of amides is 1. The van der Waals surface area contributed by atoms with Gasteiger partial charge in [-0.25, -0.2) is 14.8 Å². The quantitative estimate of drug-likeness (QED) is 0.528. The SMILES string of the molecule is C.CC(C)(C)OC(=O)NCCn1cnc(I)c1.Ic1ncn2c1CNCC2. The number of alkyl carbamates (subject to hydrolysis) is 1. The van der Waals surface area contributed by atoms with E-state index in [0.29, 0.717) is 13.1 Å². The highest BCUT2D eigenvalue weighted by molar-refractivity contribution is 14.1. The Kier molecular flexibility index (Phi) is 10.0. The van der Waals surface area contributed by atoms with Crippen LogP contribution in [0, 0.1) is 7.40 Å². The molecule has 2 N–H and O–H groups in total. The first-order valence-electron chi connectivity index (χ1n) is 8.29. The number of halogens is 2. The molecule has 2 aromatic rings. The van der Waals surface area contributed by atoms with Crippen molar-refractivity contribution in [2.45, 2.75) is 53.4 Å². The van der Waals surface area contributed by atoms with Crippen molar-refractivity contribution < 1.29 is 9.53 Å². The Hall–Kier alpha value is -0.890. The first-order chi connectivity index (χ1) is 12.2. The zero-order valence-electron chi connectivity index (χ0n) is 15.1. The molecule has 2 aromatic heterocycles. The van der Waals surface area contributed by atoms with E-state index in [1.54, 1.807) is 6.33 Å². The summed E-state index contributed by atoms with van der Waals surface area (Å²) in [5, 5.41) is 5.99. The number of fused-ring (bicyclic) bond motifs is 1. The Bertz CT molecular complexity index is 723. The van der Waals surface area contributed by atoms with Gasteiger partial charge < -0.3 is 24.5 Å². The molecule has 0 aromatic carbocycles. The molecule has 0 spiro atoms. The maximum Gasteiger partial charge on any atom is 0.407 e. The number of carbonyl (C=O) groups excluding carboxylic acids is 1. The Labute approximate surface area is 188 Å². The van der Waals surface area contributed by atoms with Gasteiger partial charge in [0.15, 0.2) is 0 Å². The number of hydrogen-bond donors (Lipinski definition) is 2. The zero-order chi connectivity index (χ0) is 19.2. The summed E-state index contributed by atoms with van der Waals surface area (Å²) in [5.74, 6) is 0. The van der Waals surface area contributed by atoms with Crippen LogP contribution >= 0.6 is 45.2 Å². The maximum absolute atomic E-state index is 11.3. The van der Waals surface area contributed by atoms with Gasteiger partial charge in [-0.05, 0) is 66.0 Å². The summed E-state index contributed by atoms with van der Waals surface area (Å²) in [5.41, 5.74) is 0.876. The first kappa shape index (κ1) is 24.1. The molecule has 10 heteroatoms. The second-order valence-corrected chi connectivity index (χ2v) is 8.84. The molecule has 0 bridgehead atoms. The molecule has 0 fully saturated rings. The smallest absolute Gasteiger partial charge is 0.407 e. The lowest BCUT2D eigenvalue weighted by Crippen LogP contribution is -2.34. The van der Waals surface area contributed by atoms with E-state index in [1.807, 2.05) is 37.9 Å². The monoisotopic (exact) mass is 602 g/mol. The predicted molar refractivity (Wildman–Crippen MR) is 123 cm³/mol. The largest absolute Gasteiger partial charge is 0.444 e. The standard InChI is InChI=1S/C10H16IN3O2.C6H8IN3.CH4/c1-10(2,3)16-9(15)12-4-5-14-6-8(11)13-7-14;7-6-5-3-8-1-2-10(5)4-9-6;/h6-7H,4-5H2,1-3H3,(H,12,15);4,8H,1-3H2;1H4. The van der Waals surface area contributed by atoms with Crippen molar-refractivity contribution in [2.24, 2.45) is 0 Å². The number of nitrogens with one attached hydrogen (secondary N) is 2. The van der Waals surface area contributed by atoms with Gasteiger partial charge in [0.25, 0.3) is 0 Å². The molecule has 0 radical (unpaired) electrons. The molecular weight excluding hydrogens is 574 g/mol. The average Bonchev–Trinajstić information content (AvgIpc) is 3.13. The van der Waals surface area contributed by atoms with Crippen LogP contribution in [0.5, 0.6) is 0 Å². The van der Waals surface area contributed by atoms with Crippen LogP contribution in [0.4, 0.5) is 4.79 Å². The van der Waals surface area contributed by atoms with Crippen molar-refractivity contribution in [1.82, 2.24) is 29.7 Å². The Morgan fingerprint density at radius 2 is 2.07 bits per heavy atom. The highest BCUT2D eigenvalue weighted by atomic mass is 127. The summed E-state index contributed by atoms with van der Waals surface area (Å²) in [6.07, 6.45) is 5.18. The highest BCUT2D eigenvalue weighted by Gasteiger charge is 2.15. The predicted octanol–water partition coefficient (Wildman–Crippen LogP) is 3.24. The molecule has 8 nitrogen and oxygen atoms in total.